The fourth-order valence-corrected chi connectivity index (χ4v) is 1.43. The molecule has 0 aliphatic carbocycles. The van der Waals surface area contributed by atoms with Gasteiger partial charge in [-0.05, 0) is 18.9 Å². The van der Waals surface area contributed by atoms with Crippen LogP contribution >= 0.6 is 0 Å². The minimum atomic E-state index is -0.714. The minimum absolute atomic E-state index is 0.176. The first-order chi connectivity index (χ1) is 5.70. The molecule has 1 aliphatic rings. The second-order valence-corrected chi connectivity index (χ2v) is 3.24. The van der Waals surface area contributed by atoms with Gasteiger partial charge in [0.15, 0.2) is 0 Å². The number of carboxylic acids is 1. The van der Waals surface area contributed by atoms with E-state index in [1.165, 1.54) is 5.57 Å². The summed E-state index contributed by atoms with van der Waals surface area (Å²) >= 11 is 0. The minimum Gasteiger partial charge on any atom is -0.481 e. The maximum Gasteiger partial charge on any atom is 0.303 e. The van der Waals surface area contributed by atoms with Gasteiger partial charge in [0.05, 0.1) is 6.42 Å². The van der Waals surface area contributed by atoms with Crippen molar-refractivity contribution in [2.45, 2.75) is 19.8 Å². The van der Waals surface area contributed by atoms with Crippen LogP contribution in [0.1, 0.15) is 19.8 Å². The molecule has 1 aliphatic heterocycles. The van der Waals surface area contributed by atoms with Crippen LogP contribution in [0.15, 0.2) is 11.6 Å². The van der Waals surface area contributed by atoms with E-state index in [-0.39, 0.29) is 12.3 Å². The normalized spacial score (nSPS) is 19.9. The van der Waals surface area contributed by atoms with Crippen LogP contribution in [0.4, 0.5) is 0 Å². The predicted octanol–water partition coefficient (Wildman–Crippen LogP) is 1.02. The highest BCUT2D eigenvalue weighted by Gasteiger charge is 2.13. The molecule has 0 saturated carbocycles. The van der Waals surface area contributed by atoms with E-state index in [0.29, 0.717) is 0 Å². The van der Waals surface area contributed by atoms with Crippen molar-refractivity contribution in [2.24, 2.45) is 5.92 Å². The Morgan fingerprint density at radius 3 is 3.08 bits per heavy atom. The quantitative estimate of drug-likeness (QED) is 0.620. The smallest absolute Gasteiger partial charge is 0.303 e. The molecular formula is C9H15NO2. The maximum atomic E-state index is 10.4. The molecule has 1 atom stereocenters. The highest BCUT2D eigenvalue weighted by atomic mass is 16.4. The third-order valence-corrected chi connectivity index (χ3v) is 2.17. The number of aliphatic carboxylic acids is 1. The molecule has 0 aromatic carbocycles. The van der Waals surface area contributed by atoms with Gasteiger partial charge in [-0.25, -0.2) is 0 Å². The summed E-state index contributed by atoms with van der Waals surface area (Å²) in [5.41, 5.74) is 1.24. The van der Waals surface area contributed by atoms with Crippen molar-refractivity contribution < 1.29 is 9.90 Å². The second-order valence-electron chi connectivity index (χ2n) is 3.24. The first-order valence-electron chi connectivity index (χ1n) is 4.31. The molecule has 0 bridgehead atoms. The van der Waals surface area contributed by atoms with Crippen LogP contribution in [0.3, 0.4) is 0 Å². The Labute approximate surface area is 72.5 Å². The highest BCUT2D eigenvalue weighted by molar-refractivity contribution is 5.67. The zero-order valence-corrected chi connectivity index (χ0v) is 7.34. The van der Waals surface area contributed by atoms with Crippen molar-refractivity contribution in [3.63, 3.8) is 0 Å². The standard InChI is InChI=1S/C9H15NO2/c1-7(5-9(11)12)8-3-2-4-10-6-8/h3,7,10H,2,4-6H2,1H3,(H,11,12). The summed E-state index contributed by atoms with van der Waals surface area (Å²) in [5.74, 6) is -0.538. The molecule has 0 aromatic heterocycles. The zero-order chi connectivity index (χ0) is 8.97. The van der Waals surface area contributed by atoms with Gasteiger partial charge in [0.2, 0.25) is 0 Å². The van der Waals surface area contributed by atoms with Crippen molar-refractivity contribution >= 4 is 5.97 Å². The Morgan fingerprint density at radius 1 is 1.83 bits per heavy atom. The first kappa shape index (κ1) is 9.26. The molecule has 12 heavy (non-hydrogen) atoms. The summed E-state index contributed by atoms with van der Waals surface area (Å²) in [6.07, 6.45) is 3.43. The van der Waals surface area contributed by atoms with Crippen LogP contribution < -0.4 is 5.32 Å². The molecule has 0 amide bonds. The van der Waals surface area contributed by atoms with Crippen LogP contribution in [-0.2, 0) is 4.79 Å². The van der Waals surface area contributed by atoms with E-state index in [1.54, 1.807) is 0 Å². The predicted molar refractivity (Wildman–Crippen MR) is 47.0 cm³/mol. The van der Waals surface area contributed by atoms with Crippen LogP contribution in [0.5, 0.6) is 0 Å². The summed E-state index contributed by atoms with van der Waals surface area (Å²) in [7, 11) is 0. The van der Waals surface area contributed by atoms with E-state index >= 15 is 0 Å². The lowest BCUT2D eigenvalue weighted by Crippen LogP contribution is -2.25. The largest absolute Gasteiger partial charge is 0.481 e. The van der Waals surface area contributed by atoms with Crippen LogP contribution in [0, 0.1) is 5.92 Å². The number of carboxylic acid groups (broad SMARTS) is 1. The number of nitrogens with one attached hydrogen (secondary N) is 1. The molecule has 2 N–H and O–H groups in total. The fourth-order valence-electron chi connectivity index (χ4n) is 1.43. The lowest BCUT2D eigenvalue weighted by atomic mass is 9.95. The molecule has 1 heterocycles. The molecule has 0 spiro atoms. The van der Waals surface area contributed by atoms with Gasteiger partial charge in [-0.3, -0.25) is 4.79 Å². The van der Waals surface area contributed by atoms with Crippen molar-refractivity contribution in [3.05, 3.63) is 11.6 Å². The van der Waals surface area contributed by atoms with Gasteiger partial charge < -0.3 is 10.4 Å². The maximum absolute atomic E-state index is 10.4. The molecule has 0 radical (unpaired) electrons. The van der Waals surface area contributed by atoms with Crippen LogP contribution in [0.2, 0.25) is 0 Å². The van der Waals surface area contributed by atoms with Crippen molar-refractivity contribution in [2.75, 3.05) is 13.1 Å². The van der Waals surface area contributed by atoms with E-state index in [1.807, 2.05) is 6.92 Å². The zero-order valence-electron chi connectivity index (χ0n) is 7.34. The number of rotatable bonds is 3. The second kappa shape index (κ2) is 4.26. The van der Waals surface area contributed by atoms with Gasteiger partial charge in [0.25, 0.3) is 0 Å². The Morgan fingerprint density at radius 2 is 2.58 bits per heavy atom. The van der Waals surface area contributed by atoms with Gasteiger partial charge in [-0.15, -0.1) is 0 Å². The Kier molecular flexibility index (Phi) is 3.29. The summed E-state index contributed by atoms with van der Waals surface area (Å²) in [6, 6.07) is 0. The van der Waals surface area contributed by atoms with E-state index < -0.39 is 5.97 Å². The molecule has 68 valence electrons. The van der Waals surface area contributed by atoms with Gasteiger partial charge in [-0.2, -0.15) is 0 Å². The highest BCUT2D eigenvalue weighted by Crippen LogP contribution is 2.16. The Balaban J connectivity index is 2.44. The summed E-state index contributed by atoms with van der Waals surface area (Å²) in [6.45, 7) is 3.84. The third-order valence-electron chi connectivity index (χ3n) is 2.17. The number of carbonyl (C=O) groups is 1. The summed E-state index contributed by atoms with van der Waals surface area (Å²) in [4.78, 5) is 10.4. The van der Waals surface area contributed by atoms with Crippen molar-refractivity contribution in [1.82, 2.24) is 5.32 Å². The van der Waals surface area contributed by atoms with Gasteiger partial charge >= 0.3 is 5.97 Å². The summed E-state index contributed by atoms with van der Waals surface area (Å²) in [5, 5.41) is 11.8. The van der Waals surface area contributed by atoms with Crippen LogP contribution in [-0.4, -0.2) is 24.2 Å². The molecule has 0 fully saturated rings. The van der Waals surface area contributed by atoms with Crippen molar-refractivity contribution in [1.29, 1.82) is 0 Å². The van der Waals surface area contributed by atoms with Gasteiger partial charge in [0, 0.05) is 6.54 Å². The number of hydrogen-bond donors (Lipinski definition) is 2. The Bertz CT molecular complexity index is 199. The summed E-state index contributed by atoms with van der Waals surface area (Å²) < 4.78 is 0. The van der Waals surface area contributed by atoms with E-state index in [0.717, 1.165) is 19.5 Å². The van der Waals surface area contributed by atoms with E-state index in [4.69, 9.17) is 5.11 Å². The topological polar surface area (TPSA) is 49.3 Å². The molecule has 3 heteroatoms. The lowest BCUT2D eigenvalue weighted by molar-refractivity contribution is -0.137. The van der Waals surface area contributed by atoms with E-state index in [9.17, 15) is 4.79 Å². The first-order valence-corrected chi connectivity index (χ1v) is 4.31. The van der Waals surface area contributed by atoms with Crippen molar-refractivity contribution in [3.8, 4) is 0 Å². The molecule has 3 nitrogen and oxygen atoms in total. The monoisotopic (exact) mass is 169 g/mol. The molecule has 1 rings (SSSR count). The SMILES string of the molecule is CC(CC(=O)O)C1=CCCNC1. The van der Waals surface area contributed by atoms with Crippen LogP contribution in [0.25, 0.3) is 0 Å². The average molecular weight is 169 g/mol. The van der Waals surface area contributed by atoms with E-state index in [2.05, 4.69) is 11.4 Å². The van der Waals surface area contributed by atoms with Gasteiger partial charge in [0.1, 0.15) is 0 Å². The average Bonchev–Trinajstić information content (AvgIpc) is 2.05. The number of hydrogen-bond acceptors (Lipinski definition) is 2. The molecule has 0 saturated heterocycles. The van der Waals surface area contributed by atoms with Gasteiger partial charge in [-0.1, -0.05) is 18.6 Å². The molecule has 0 aromatic rings. The molecular weight excluding hydrogens is 154 g/mol. The molecule has 1 unspecified atom stereocenters. The Hall–Kier alpha value is -0.830. The fraction of sp³-hybridized carbons (Fsp3) is 0.667. The lowest BCUT2D eigenvalue weighted by Gasteiger charge is -2.18. The third kappa shape index (κ3) is 2.66.